The van der Waals surface area contributed by atoms with E-state index in [1.807, 2.05) is 30.5 Å². The van der Waals surface area contributed by atoms with Crippen molar-refractivity contribution in [1.29, 1.82) is 0 Å². The predicted molar refractivity (Wildman–Crippen MR) is 81.5 cm³/mol. The summed E-state index contributed by atoms with van der Waals surface area (Å²) < 4.78 is 7.17. The monoisotopic (exact) mass is 314 g/mol. The van der Waals surface area contributed by atoms with Crippen molar-refractivity contribution in [3.05, 3.63) is 64.6 Å². The number of carbonyl (C=O) groups is 1. The number of nitrogens with zero attached hydrogens (tertiary/aromatic N) is 4. The molecule has 3 aromatic rings. The highest BCUT2D eigenvalue weighted by atomic mass is 32.1. The molecule has 0 spiro atoms. The van der Waals surface area contributed by atoms with E-state index < -0.39 is 0 Å². The molecule has 7 heteroatoms. The van der Waals surface area contributed by atoms with Gasteiger partial charge in [-0.1, -0.05) is 18.2 Å². The molecule has 0 N–H and O–H groups in total. The van der Waals surface area contributed by atoms with Gasteiger partial charge < -0.3 is 4.74 Å². The van der Waals surface area contributed by atoms with Crippen LogP contribution in [0, 0.1) is 0 Å². The lowest BCUT2D eigenvalue weighted by atomic mass is 10.1. The van der Waals surface area contributed by atoms with Crippen LogP contribution in [0.4, 0.5) is 0 Å². The van der Waals surface area contributed by atoms with Gasteiger partial charge in [0.15, 0.2) is 6.10 Å². The summed E-state index contributed by atoms with van der Waals surface area (Å²) in [7, 11) is 0. The highest BCUT2D eigenvalue weighted by Gasteiger charge is 2.18. The summed E-state index contributed by atoms with van der Waals surface area (Å²) >= 11 is 1.47. The summed E-state index contributed by atoms with van der Waals surface area (Å²) in [5.74, 6) is -0.363. The molecular weight excluding hydrogens is 300 g/mol. The van der Waals surface area contributed by atoms with Crippen LogP contribution in [-0.2, 0) is 11.3 Å². The average molecular weight is 314 g/mol. The topological polar surface area (TPSA) is 69.9 Å². The molecule has 0 saturated carbocycles. The van der Waals surface area contributed by atoms with Gasteiger partial charge in [-0.2, -0.15) is 5.10 Å². The lowest BCUT2D eigenvalue weighted by Crippen LogP contribution is -2.13. The number of carbonyl (C=O) groups excluding carboxylic acids is 1. The number of aromatic nitrogens is 4. The van der Waals surface area contributed by atoms with Crippen LogP contribution in [0.5, 0.6) is 0 Å². The van der Waals surface area contributed by atoms with E-state index in [2.05, 4.69) is 15.1 Å². The van der Waals surface area contributed by atoms with Gasteiger partial charge in [-0.15, -0.1) is 11.3 Å². The highest BCUT2D eigenvalue weighted by molar-refractivity contribution is 7.09. The van der Waals surface area contributed by atoms with Crippen LogP contribution in [0.1, 0.15) is 34.0 Å². The summed E-state index contributed by atoms with van der Waals surface area (Å²) in [4.78, 5) is 20.5. The first-order valence-electron chi connectivity index (χ1n) is 6.74. The minimum Gasteiger partial charge on any atom is -0.452 e. The largest absolute Gasteiger partial charge is 0.452 e. The Labute approximate surface area is 131 Å². The Morgan fingerprint density at radius 1 is 1.41 bits per heavy atom. The minimum absolute atomic E-state index is 0.363. The van der Waals surface area contributed by atoms with Gasteiger partial charge in [0.25, 0.3) is 0 Å². The van der Waals surface area contributed by atoms with Crippen molar-refractivity contribution in [2.45, 2.75) is 19.6 Å². The number of benzene rings is 1. The van der Waals surface area contributed by atoms with Gasteiger partial charge in [-0.25, -0.2) is 19.4 Å². The normalized spacial score (nSPS) is 12.0. The molecule has 0 radical (unpaired) electrons. The minimum atomic E-state index is -0.369. The first-order chi connectivity index (χ1) is 10.7. The van der Waals surface area contributed by atoms with Crippen LogP contribution in [0.2, 0.25) is 0 Å². The van der Waals surface area contributed by atoms with Crippen molar-refractivity contribution in [2.75, 3.05) is 0 Å². The van der Waals surface area contributed by atoms with E-state index in [9.17, 15) is 4.79 Å². The molecule has 2 aromatic heterocycles. The third-order valence-corrected chi connectivity index (χ3v) is 4.06. The molecule has 1 atom stereocenters. The van der Waals surface area contributed by atoms with E-state index >= 15 is 0 Å². The predicted octanol–water partition coefficient (Wildman–Crippen LogP) is 2.70. The number of thiazole rings is 1. The zero-order valence-electron chi connectivity index (χ0n) is 11.9. The maximum atomic E-state index is 12.4. The smallest absolute Gasteiger partial charge is 0.339 e. The van der Waals surface area contributed by atoms with E-state index in [0.29, 0.717) is 12.1 Å². The van der Waals surface area contributed by atoms with Crippen molar-refractivity contribution in [3.63, 3.8) is 0 Å². The molecule has 0 aliphatic carbocycles. The second kappa shape index (κ2) is 6.48. The Bertz CT molecular complexity index is 741. The molecule has 1 aromatic carbocycles. The molecule has 2 heterocycles. The molecule has 0 aliphatic rings. The van der Waals surface area contributed by atoms with Crippen molar-refractivity contribution in [2.24, 2.45) is 0 Å². The van der Waals surface area contributed by atoms with Crippen molar-refractivity contribution in [3.8, 4) is 0 Å². The van der Waals surface area contributed by atoms with Crippen LogP contribution in [-0.4, -0.2) is 25.7 Å². The van der Waals surface area contributed by atoms with Crippen LogP contribution in [0.3, 0.4) is 0 Å². The fourth-order valence-electron chi connectivity index (χ4n) is 2.06. The van der Waals surface area contributed by atoms with E-state index in [4.69, 9.17) is 4.74 Å². The summed E-state index contributed by atoms with van der Waals surface area (Å²) in [5.41, 5.74) is 1.37. The number of hydrogen-bond donors (Lipinski definition) is 0. The maximum absolute atomic E-state index is 12.4. The molecule has 0 unspecified atom stereocenters. The molecule has 112 valence electrons. The average Bonchev–Trinajstić information content (AvgIpc) is 3.21. The van der Waals surface area contributed by atoms with Gasteiger partial charge in [-0.3, -0.25) is 0 Å². The van der Waals surface area contributed by atoms with Crippen LogP contribution in [0.15, 0.2) is 48.5 Å². The molecule has 0 bridgehead atoms. The Hall–Kier alpha value is -2.54. The molecule has 22 heavy (non-hydrogen) atoms. The second-order valence-electron chi connectivity index (χ2n) is 4.67. The van der Waals surface area contributed by atoms with Crippen LogP contribution < -0.4 is 0 Å². The highest BCUT2D eigenvalue weighted by Crippen LogP contribution is 2.21. The van der Waals surface area contributed by atoms with E-state index in [1.54, 1.807) is 23.3 Å². The standard InChI is InChI=1S/C15H14N4O2S/c1-11(14-17-6-7-22-14)21-15(20)13-5-3-2-4-12(13)8-19-10-16-9-18-19/h2-7,9-11H,8H2,1H3/t11-/m1/s1. The second-order valence-corrected chi connectivity index (χ2v) is 5.59. The van der Waals surface area contributed by atoms with Crippen molar-refractivity contribution >= 4 is 17.3 Å². The van der Waals surface area contributed by atoms with Gasteiger partial charge in [0, 0.05) is 11.6 Å². The van der Waals surface area contributed by atoms with E-state index in [-0.39, 0.29) is 12.1 Å². The first-order valence-corrected chi connectivity index (χ1v) is 7.62. The number of esters is 1. The molecular formula is C15H14N4O2S. The Balaban J connectivity index is 1.77. The molecule has 0 amide bonds. The Morgan fingerprint density at radius 3 is 3.00 bits per heavy atom. The van der Waals surface area contributed by atoms with Gasteiger partial charge >= 0.3 is 5.97 Å². The quantitative estimate of drug-likeness (QED) is 0.677. The summed E-state index contributed by atoms with van der Waals surface area (Å²) in [5, 5.41) is 6.70. The van der Waals surface area contributed by atoms with Gasteiger partial charge in [0.2, 0.25) is 0 Å². The molecule has 0 saturated heterocycles. The van der Waals surface area contributed by atoms with Crippen LogP contribution in [0.25, 0.3) is 0 Å². The van der Waals surface area contributed by atoms with E-state index in [1.165, 1.54) is 17.7 Å². The fraction of sp³-hybridized carbons (Fsp3) is 0.200. The van der Waals surface area contributed by atoms with E-state index in [0.717, 1.165) is 10.6 Å². The summed E-state index contributed by atoms with van der Waals surface area (Å²) in [6.07, 6.45) is 4.40. The fourth-order valence-corrected chi connectivity index (χ4v) is 2.68. The molecule has 3 rings (SSSR count). The molecule has 6 nitrogen and oxygen atoms in total. The maximum Gasteiger partial charge on any atom is 0.339 e. The van der Waals surface area contributed by atoms with Gasteiger partial charge in [0.1, 0.15) is 17.7 Å². The van der Waals surface area contributed by atoms with Gasteiger partial charge in [-0.05, 0) is 18.6 Å². The third kappa shape index (κ3) is 3.20. The zero-order valence-corrected chi connectivity index (χ0v) is 12.7. The lowest BCUT2D eigenvalue weighted by molar-refractivity contribution is 0.0336. The number of ether oxygens (including phenoxy) is 1. The first kappa shape index (κ1) is 14.4. The zero-order chi connectivity index (χ0) is 15.4. The van der Waals surface area contributed by atoms with Crippen molar-refractivity contribution in [1.82, 2.24) is 19.7 Å². The Kier molecular flexibility index (Phi) is 4.24. The molecule has 0 aliphatic heterocycles. The van der Waals surface area contributed by atoms with Crippen molar-refractivity contribution < 1.29 is 9.53 Å². The van der Waals surface area contributed by atoms with Crippen LogP contribution >= 0.6 is 11.3 Å². The number of hydrogen-bond acceptors (Lipinski definition) is 6. The summed E-state index contributed by atoms with van der Waals surface area (Å²) in [6.45, 7) is 2.29. The SMILES string of the molecule is C[C@@H](OC(=O)c1ccccc1Cn1cncn1)c1nccs1. The lowest BCUT2D eigenvalue weighted by Gasteiger charge is -2.13. The molecule has 0 fully saturated rings. The summed E-state index contributed by atoms with van der Waals surface area (Å²) in [6, 6.07) is 7.33. The Morgan fingerprint density at radius 2 is 2.27 bits per heavy atom. The number of rotatable bonds is 5. The van der Waals surface area contributed by atoms with Gasteiger partial charge in [0.05, 0.1) is 12.1 Å². The third-order valence-electron chi connectivity index (χ3n) is 3.12.